The molecule has 0 saturated carbocycles. The van der Waals surface area contributed by atoms with E-state index in [4.69, 9.17) is 9.47 Å². The number of rotatable bonds is 5. The van der Waals surface area contributed by atoms with Gasteiger partial charge >= 0.3 is 6.09 Å². The summed E-state index contributed by atoms with van der Waals surface area (Å²) in [6, 6.07) is 6.58. The van der Waals surface area contributed by atoms with Crippen molar-refractivity contribution in [3.8, 4) is 16.9 Å². The fourth-order valence-corrected chi connectivity index (χ4v) is 4.68. The summed E-state index contributed by atoms with van der Waals surface area (Å²) in [5.74, 6) is 0.461. The Labute approximate surface area is 198 Å². The molecule has 0 spiro atoms. The maximum absolute atomic E-state index is 12.9. The first kappa shape index (κ1) is 25.1. The monoisotopic (exact) mass is 473 g/mol. The van der Waals surface area contributed by atoms with Gasteiger partial charge < -0.3 is 25.0 Å². The maximum atomic E-state index is 12.9. The van der Waals surface area contributed by atoms with Gasteiger partial charge in [0.1, 0.15) is 11.4 Å². The number of benzene rings is 1. The molecule has 0 radical (unpaired) electrons. The van der Waals surface area contributed by atoms with Crippen LogP contribution in [0.15, 0.2) is 34.0 Å². The summed E-state index contributed by atoms with van der Waals surface area (Å²) < 4.78 is 11.2. The molecule has 178 valence electrons. The van der Waals surface area contributed by atoms with Gasteiger partial charge in [0.05, 0.1) is 31.3 Å². The number of thioether (sulfide) groups is 1. The van der Waals surface area contributed by atoms with E-state index in [0.717, 1.165) is 16.7 Å². The van der Waals surface area contributed by atoms with Gasteiger partial charge in [-0.25, -0.2) is 4.79 Å². The average molecular weight is 474 g/mol. The second kappa shape index (κ2) is 10.2. The van der Waals surface area contributed by atoms with Crippen LogP contribution in [-0.4, -0.2) is 35.3 Å². The number of methoxy groups -OCH3 is 1. The van der Waals surface area contributed by atoms with Crippen LogP contribution in [0.3, 0.4) is 0 Å². The van der Waals surface area contributed by atoms with Crippen LogP contribution < -0.4 is 15.5 Å². The second-order valence-electron chi connectivity index (χ2n) is 8.91. The van der Waals surface area contributed by atoms with E-state index in [1.54, 1.807) is 32.9 Å². The normalized spacial score (nSPS) is 15.2. The summed E-state index contributed by atoms with van der Waals surface area (Å²) in [7, 11) is 1.52. The first-order chi connectivity index (χ1) is 15.6. The van der Waals surface area contributed by atoms with Crippen molar-refractivity contribution in [2.24, 2.45) is 0 Å². The predicted octanol–water partition coefficient (Wildman–Crippen LogP) is 3.94. The molecule has 33 heavy (non-hydrogen) atoms. The first-order valence-corrected chi connectivity index (χ1v) is 12.0. The lowest BCUT2D eigenvalue weighted by Gasteiger charge is -2.23. The van der Waals surface area contributed by atoms with Crippen molar-refractivity contribution >= 4 is 17.9 Å². The molecule has 0 aliphatic heterocycles. The molecule has 0 aromatic heterocycles. The molecule has 8 heteroatoms. The number of carbonyl (C=O) groups excluding carboxylic acids is 1. The van der Waals surface area contributed by atoms with E-state index < -0.39 is 17.7 Å². The van der Waals surface area contributed by atoms with Gasteiger partial charge in [-0.15, -0.1) is 11.8 Å². The molecule has 1 unspecified atom stereocenters. The molecule has 1 aliphatic rings. The van der Waals surface area contributed by atoms with Crippen LogP contribution in [0.25, 0.3) is 11.1 Å². The Kier molecular flexibility index (Phi) is 7.72. The first-order valence-electron chi connectivity index (χ1n) is 10.8. The minimum Gasteiger partial charge on any atom is -0.496 e. The van der Waals surface area contributed by atoms with Crippen molar-refractivity contribution in [2.45, 2.75) is 63.4 Å². The molecule has 3 N–H and O–H groups in total. The number of carbonyl (C=O) groups is 1. The van der Waals surface area contributed by atoms with Gasteiger partial charge in [-0.05, 0) is 74.3 Å². The van der Waals surface area contributed by atoms with Crippen molar-refractivity contribution in [3.05, 3.63) is 56.7 Å². The topological polar surface area (TPSA) is 105 Å². The van der Waals surface area contributed by atoms with Crippen molar-refractivity contribution in [1.29, 1.82) is 0 Å². The van der Waals surface area contributed by atoms with E-state index in [2.05, 4.69) is 5.32 Å². The number of fused-ring (bicyclic) bond motifs is 3. The summed E-state index contributed by atoms with van der Waals surface area (Å²) in [6.45, 7) is 4.84. The summed E-state index contributed by atoms with van der Waals surface area (Å²) in [5, 5.41) is 22.8. The molecule has 2 aromatic carbocycles. The van der Waals surface area contributed by atoms with E-state index in [-0.39, 0.29) is 18.6 Å². The Morgan fingerprint density at radius 1 is 1.21 bits per heavy atom. The van der Waals surface area contributed by atoms with Crippen LogP contribution in [0, 0.1) is 0 Å². The van der Waals surface area contributed by atoms with E-state index in [1.807, 2.05) is 18.4 Å². The Balaban J connectivity index is 2.28. The molecule has 0 fully saturated rings. The lowest BCUT2D eigenvalue weighted by molar-refractivity contribution is 0.0501. The molecular formula is C25H31NO6S. The van der Waals surface area contributed by atoms with Crippen LogP contribution in [0.1, 0.15) is 55.5 Å². The van der Waals surface area contributed by atoms with Gasteiger partial charge in [-0.3, -0.25) is 4.79 Å². The Morgan fingerprint density at radius 2 is 1.94 bits per heavy atom. The van der Waals surface area contributed by atoms with Gasteiger partial charge in [-0.2, -0.15) is 0 Å². The minimum atomic E-state index is -0.660. The Hall–Kier alpha value is -2.55. The fraction of sp³-hybridized carbons (Fsp3) is 0.440. The van der Waals surface area contributed by atoms with Crippen molar-refractivity contribution in [2.75, 3.05) is 13.4 Å². The van der Waals surface area contributed by atoms with Gasteiger partial charge in [0, 0.05) is 11.1 Å². The summed E-state index contributed by atoms with van der Waals surface area (Å²) in [6.07, 6.45) is 2.36. The minimum absolute atomic E-state index is 0.142. The number of aryl methyl sites for hydroxylation is 1. The van der Waals surface area contributed by atoms with Crippen molar-refractivity contribution in [1.82, 2.24) is 5.32 Å². The highest BCUT2D eigenvalue weighted by Crippen LogP contribution is 2.44. The number of nitrogens with one attached hydrogen (secondary N) is 1. The van der Waals surface area contributed by atoms with Crippen LogP contribution in [0.2, 0.25) is 0 Å². The Bertz CT molecular complexity index is 1110. The molecule has 0 bridgehead atoms. The lowest BCUT2D eigenvalue weighted by atomic mass is 9.91. The largest absolute Gasteiger partial charge is 0.496 e. The zero-order valence-corrected chi connectivity index (χ0v) is 20.5. The number of aliphatic hydroxyl groups is 2. The van der Waals surface area contributed by atoms with Crippen molar-refractivity contribution < 1.29 is 24.5 Å². The van der Waals surface area contributed by atoms with Gasteiger partial charge in [0.25, 0.3) is 0 Å². The number of hydrogen-bond donors (Lipinski definition) is 3. The van der Waals surface area contributed by atoms with Gasteiger partial charge in [0.2, 0.25) is 0 Å². The van der Waals surface area contributed by atoms with Crippen LogP contribution in [0.4, 0.5) is 4.79 Å². The molecule has 1 amide bonds. The van der Waals surface area contributed by atoms with Crippen LogP contribution in [-0.2, 0) is 24.4 Å². The highest BCUT2D eigenvalue weighted by molar-refractivity contribution is 7.98. The third-order valence-corrected chi connectivity index (χ3v) is 6.37. The molecule has 1 aliphatic carbocycles. The lowest BCUT2D eigenvalue weighted by Crippen LogP contribution is -2.35. The van der Waals surface area contributed by atoms with Crippen molar-refractivity contribution in [3.63, 3.8) is 0 Å². The molecule has 1 atom stereocenters. The maximum Gasteiger partial charge on any atom is 0.408 e. The molecule has 0 saturated heterocycles. The van der Waals surface area contributed by atoms with Crippen LogP contribution >= 0.6 is 11.8 Å². The van der Waals surface area contributed by atoms with E-state index >= 15 is 0 Å². The summed E-state index contributed by atoms with van der Waals surface area (Å²) in [4.78, 5) is 26.1. The molecule has 0 heterocycles. The van der Waals surface area contributed by atoms with Gasteiger partial charge in [-0.1, -0.05) is 12.1 Å². The number of ether oxygens (including phenoxy) is 2. The summed E-state index contributed by atoms with van der Waals surface area (Å²) >= 11 is 1.35. The van der Waals surface area contributed by atoms with Crippen LogP contribution in [0.5, 0.6) is 5.75 Å². The molecular weight excluding hydrogens is 442 g/mol. The molecule has 3 rings (SSSR count). The van der Waals surface area contributed by atoms with E-state index in [1.165, 1.54) is 18.9 Å². The fourth-order valence-electron chi connectivity index (χ4n) is 4.21. The molecule has 2 aromatic rings. The number of aliphatic hydroxyl groups excluding tert-OH is 2. The van der Waals surface area contributed by atoms with E-state index in [0.29, 0.717) is 40.2 Å². The number of alkyl carbamates (subject to hydrolysis) is 1. The average Bonchev–Trinajstić information content (AvgIpc) is 2.99. The smallest absolute Gasteiger partial charge is 0.408 e. The third kappa shape index (κ3) is 5.34. The van der Waals surface area contributed by atoms with E-state index in [9.17, 15) is 19.8 Å². The zero-order valence-electron chi connectivity index (χ0n) is 19.7. The number of hydrogen-bond acceptors (Lipinski definition) is 7. The zero-order chi connectivity index (χ0) is 24.3. The highest BCUT2D eigenvalue weighted by Gasteiger charge is 2.29. The standard InChI is InChI=1S/C25H31NO6S/c1-25(2,3)32-24(30)26-19-8-6-14-10-15(12-27)18(13-28)23(31-4)22(14)16-7-9-21(33-5)20(29)11-17(16)19/h7,9-11,19,27-28H,6,8,12-13H2,1-5H3,(H,26,30). The van der Waals surface area contributed by atoms with Gasteiger partial charge in [0.15, 0.2) is 5.43 Å². The third-order valence-electron chi connectivity index (χ3n) is 5.59. The molecule has 7 nitrogen and oxygen atoms in total. The highest BCUT2D eigenvalue weighted by atomic mass is 32.2. The quantitative estimate of drug-likeness (QED) is 0.565. The summed E-state index contributed by atoms with van der Waals surface area (Å²) in [5.41, 5.74) is 3.34. The number of amides is 1. The second-order valence-corrected chi connectivity index (χ2v) is 9.76. The Morgan fingerprint density at radius 3 is 2.52 bits per heavy atom. The SMILES string of the molecule is COc1c(CO)c(CO)cc2c1-c1ccc(SC)c(=O)cc1C(NC(=O)OC(C)(C)C)CC2. The predicted molar refractivity (Wildman–Crippen MR) is 129 cm³/mol.